The summed E-state index contributed by atoms with van der Waals surface area (Å²) in [6.45, 7) is 5.73. The highest BCUT2D eigenvalue weighted by molar-refractivity contribution is 7.98. The quantitative estimate of drug-likeness (QED) is 0.768. The SMILES string of the molecule is CSCC[C@H](N)C(=O)Nc1ccc(C(C)N2CCOCC2)cc1.Cl. The van der Waals surface area contributed by atoms with E-state index in [9.17, 15) is 4.79 Å². The van der Waals surface area contributed by atoms with Gasteiger partial charge in [0, 0.05) is 24.8 Å². The molecular formula is C17H28ClN3O2S. The van der Waals surface area contributed by atoms with Gasteiger partial charge < -0.3 is 15.8 Å². The first-order chi connectivity index (χ1) is 11.1. The first-order valence-electron chi connectivity index (χ1n) is 8.09. The Morgan fingerprint density at radius 3 is 2.54 bits per heavy atom. The highest BCUT2D eigenvalue weighted by Crippen LogP contribution is 2.22. The lowest BCUT2D eigenvalue weighted by molar-refractivity contribution is -0.117. The number of ether oxygens (including phenoxy) is 1. The van der Waals surface area contributed by atoms with Crippen LogP contribution in [0.4, 0.5) is 5.69 Å². The number of halogens is 1. The Hall–Kier alpha value is -0.790. The van der Waals surface area contributed by atoms with Crippen molar-refractivity contribution in [2.24, 2.45) is 5.73 Å². The van der Waals surface area contributed by atoms with Gasteiger partial charge in [-0.25, -0.2) is 0 Å². The molecule has 5 nitrogen and oxygen atoms in total. The molecule has 1 fully saturated rings. The Bertz CT molecular complexity index is 495. The van der Waals surface area contributed by atoms with Gasteiger partial charge in [-0.05, 0) is 43.0 Å². The number of hydrogen-bond donors (Lipinski definition) is 2. The molecule has 3 N–H and O–H groups in total. The van der Waals surface area contributed by atoms with Crippen LogP contribution in [0.25, 0.3) is 0 Å². The van der Waals surface area contributed by atoms with E-state index < -0.39 is 6.04 Å². The lowest BCUT2D eigenvalue weighted by Gasteiger charge is -2.32. The van der Waals surface area contributed by atoms with E-state index in [0.29, 0.717) is 12.5 Å². The number of nitrogens with one attached hydrogen (secondary N) is 1. The maximum Gasteiger partial charge on any atom is 0.241 e. The summed E-state index contributed by atoms with van der Waals surface area (Å²) in [5.41, 5.74) is 7.93. The monoisotopic (exact) mass is 373 g/mol. The zero-order chi connectivity index (χ0) is 16.7. The molecule has 0 radical (unpaired) electrons. The summed E-state index contributed by atoms with van der Waals surface area (Å²) in [5.74, 6) is 0.776. The fourth-order valence-corrected chi connectivity index (χ4v) is 3.12. The standard InChI is InChI=1S/C17H27N3O2S.ClH/c1-13(20-8-10-22-11-9-20)14-3-5-15(6-4-14)19-17(21)16(18)7-12-23-2;/h3-6,13,16H,7-12,18H2,1-2H3,(H,19,21);1H/t13?,16-;/m0./s1. The fourth-order valence-electron chi connectivity index (χ4n) is 2.63. The third-order valence-corrected chi connectivity index (χ3v) is 4.87. The lowest BCUT2D eigenvalue weighted by Crippen LogP contribution is -2.38. The molecule has 1 saturated heterocycles. The van der Waals surface area contributed by atoms with Crippen LogP contribution in [0, 0.1) is 0 Å². The highest BCUT2D eigenvalue weighted by atomic mass is 35.5. The molecule has 24 heavy (non-hydrogen) atoms. The normalized spacial score (nSPS) is 17.6. The molecule has 1 aliphatic rings. The van der Waals surface area contributed by atoms with Gasteiger partial charge in [0.15, 0.2) is 0 Å². The summed E-state index contributed by atoms with van der Waals surface area (Å²) in [5, 5.41) is 2.89. The molecule has 0 saturated carbocycles. The van der Waals surface area contributed by atoms with Crippen molar-refractivity contribution in [1.82, 2.24) is 4.90 Å². The number of nitrogens with zero attached hydrogens (tertiary/aromatic N) is 1. The van der Waals surface area contributed by atoms with Crippen molar-refractivity contribution in [3.63, 3.8) is 0 Å². The molecule has 0 bridgehead atoms. The summed E-state index contributed by atoms with van der Waals surface area (Å²) in [7, 11) is 0. The maximum absolute atomic E-state index is 12.0. The van der Waals surface area contributed by atoms with Crippen LogP contribution in [0.2, 0.25) is 0 Å². The molecule has 1 heterocycles. The van der Waals surface area contributed by atoms with Crippen molar-refractivity contribution in [3.8, 4) is 0 Å². The predicted molar refractivity (Wildman–Crippen MR) is 104 cm³/mol. The van der Waals surface area contributed by atoms with Crippen molar-refractivity contribution in [2.45, 2.75) is 25.4 Å². The fraction of sp³-hybridized carbons (Fsp3) is 0.588. The first-order valence-corrected chi connectivity index (χ1v) is 9.48. The second kappa shape index (κ2) is 10.9. The third kappa shape index (κ3) is 6.26. The van der Waals surface area contributed by atoms with Gasteiger partial charge >= 0.3 is 0 Å². The van der Waals surface area contributed by atoms with Crippen LogP contribution in [-0.2, 0) is 9.53 Å². The van der Waals surface area contributed by atoms with Crippen molar-refractivity contribution in [2.75, 3.05) is 43.6 Å². The Morgan fingerprint density at radius 2 is 1.96 bits per heavy atom. The van der Waals surface area contributed by atoms with Crippen LogP contribution >= 0.6 is 24.2 Å². The third-order valence-electron chi connectivity index (χ3n) is 4.22. The van der Waals surface area contributed by atoms with Gasteiger partial charge in [-0.15, -0.1) is 12.4 Å². The van der Waals surface area contributed by atoms with E-state index in [1.54, 1.807) is 11.8 Å². The molecule has 1 aromatic carbocycles. The predicted octanol–water partition coefficient (Wildman–Crippen LogP) is 2.52. The van der Waals surface area contributed by atoms with Crippen molar-refractivity contribution in [3.05, 3.63) is 29.8 Å². The number of carbonyl (C=O) groups is 1. The molecule has 136 valence electrons. The molecule has 1 aliphatic heterocycles. The van der Waals surface area contributed by atoms with Gasteiger partial charge in [-0.2, -0.15) is 11.8 Å². The number of hydrogen-bond acceptors (Lipinski definition) is 5. The number of anilines is 1. The molecule has 2 rings (SSSR count). The van der Waals surface area contributed by atoms with Crippen LogP contribution in [-0.4, -0.2) is 55.2 Å². The smallest absolute Gasteiger partial charge is 0.241 e. The molecule has 0 aromatic heterocycles. The second-order valence-electron chi connectivity index (χ2n) is 5.82. The van der Waals surface area contributed by atoms with E-state index in [1.165, 1.54) is 5.56 Å². The minimum atomic E-state index is -0.450. The molecular weight excluding hydrogens is 346 g/mol. The highest BCUT2D eigenvalue weighted by Gasteiger charge is 2.18. The van der Waals surface area contributed by atoms with E-state index in [0.717, 1.165) is 37.7 Å². The summed E-state index contributed by atoms with van der Waals surface area (Å²) in [6.07, 6.45) is 2.71. The summed E-state index contributed by atoms with van der Waals surface area (Å²) in [6, 6.07) is 7.95. The van der Waals surface area contributed by atoms with E-state index in [2.05, 4.69) is 29.3 Å². The number of morpholine rings is 1. The van der Waals surface area contributed by atoms with Crippen LogP contribution < -0.4 is 11.1 Å². The molecule has 7 heteroatoms. The van der Waals surface area contributed by atoms with E-state index in [1.807, 2.05) is 18.4 Å². The number of nitrogens with two attached hydrogens (primary N) is 1. The van der Waals surface area contributed by atoms with E-state index in [-0.39, 0.29) is 18.3 Å². The Kier molecular flexibility index (Phi) is 9.69. The van der Waals surface area contributed by atoms with Gasteiger partial charge in [0.1, 0.15) is 0 Å². The van der Waals surface area contributed by atoms with Crippen molar-refractivity contribution < 1.29 is 9.53 Å². The zero-order valence-corrected chi connectivity index (χ0v) is 16.0. The largest absolute Gasteiger partial charge is 0.379 e. The van der Waals surface area contributed by atoms with Gasteiger partial charge in [0.25, 0.3) is 0 Å². The summed E-state index contributed by atoms with van der Waals surface area (Å²) >= 11 is 1.70. The van der Waals surface area contributed by atoms with E-state index >= 15 is 0 Å². The average molecular weight is 374 g/mol. The van der Waals surface area contributed by atoms with Gasteiger partial charge in [0.05, 0.1) is 19.3 Å². The molecule has 1 amide bonds. The molecule has 1 aromatic rings. The zero-order valence-electron chi connectivity index (χ0n) is 14.4. The molecule has 2 atom stereocenters. The van der Waals surface area contributed by atoms with Gasteiger partial charge in [-0.3, -0.25) is 9.69 Å². The topological polar surface area (TPSA) is 67.6 Å². The summed E-state index contributed by atoms with van der Waals surface area (Å²) < 4.78 is 5.40. The molecule has 0 spiro atoms. The average Bonchev–Trinajstić information content (AvgIpc) is 2.60. The number of carbonyl (C=O) groups excluding carboxylic acids is 1. The first kappa shape index (κ1) is 21.3. The minimum Gasteiger partial charge on any atom is -0.379 e. The van der Waals surface area contributed by atoms with Gasteiger partial charge in [0.2, 0.25) is 5.91 Å². The second-order valence-corrected chi connectivity index (χ2v) is 6.81. The van der Waals surface area contributed by atoms with Crippen LogP contribution in [0.5, 0.6) is 0 Å². The Labute approximate surface area is 155 Å². The van der Waals surface area contributed by atoms with Crippen molar-refractivity contribution in [1.29, 1.82) is 0 Å². The number of amides is 1. The van der Waals surface area contributed by atoms with E-state index in [4.69, 9.17) is 10.5 Å². The maximum atomic E-state index is 12.0. The van der Waals surface area contributed by atoms with Crippen LogP contribution in [0.15, 0.2) is 24.3 Å². The van der Waals surface area contributed by atoms with Crippen LogP contribution in [0.1, 0.15) is 24.9 Å². The number of thioether (sulfide) groups is 1. The molecule has 1 unspecified atom stereocenters. The van der Waals surface area contributed by atoms with Crippen molar-refractivity contribution >= 4 is 35.8 Å². The Balaban J connectivity index is 0.00000288. The minimum absolute atomic E-state index is 0. The van der Waals surface area contributed by atoms with Gasteiger partial charge in [-0.1, -0.05) is 12.1 Å². The number of rotatable bonds is 7. The number of benzene rings is 1. The molecule has 0 aliphatic carbocycles. The van der Waals surface area contributed by atoms with Crippen LogP contribution in [0.3, 0.4) is 0 Å². The summed E-state index contributed by atoms with van der Waals surface area (Å²) in [4.78, 5) is 14.4. The Morgan fingerprint density at radius 1 is 1.33 bits per heavy atom. The lowest BCUT2D eigenvalue weighted by atomic mass is 10.1.